The number of rotatable bonds is 9. The van der Waals surface area contributed by atoms with Crippen molar-refractivity contribution < 1.29 is 9.47 Å². The quantitative estimate of drug-likeness (QED) is 0.409. The Hall–Kier alpha value is -1.75. The Bertz CT molecular complexity index is 522. The summed E-state index contributed by atoms with van der Waals surface area (Å²) in [5, 5.41) is 6.83. The number of aliphatic imine (C=N–C) groups is 1. The minimum Gasteiger partial charge on any atom is -0.492 e. The highest BCUT2D eigenvalue weighted by atomic mass is 16.5. The van der Waals surface area contributed by atoms with Crippen LogP contribution in [0.4, 0.5) is 0 Å². The van der Waals surface area contributed by atoms with Crippen molar-refractivity contribution in [3.05, 3.63) is 29.8 Å². The molecule has 5 heteroatoms. The van der Waals surface area contributed by atoms with Crippen molar-refractivity contribution in [1.82, 2.24) is 10.6 Å². The fraction of sp³-hybridized carbons (Fsp3) is 0.650. The summed E-state index contributed by atoms with van der Waals surface area (Å²) in [5.74, 6) is 1.75. The second kappa shape index (κ2) is 10.3. The van der Waals surface area contributed by atoms with Gasteiger partial charge in [0, 0.05) is 27.3 Å². The Balaban J connectivity index is 1.70. The molecule has 0 atom stereocenters. The smallest absolute Gasteiger partial charge is 0.191 e. The third-order valence-electron chi connectivity index (χ3n) is 5.04. The predicted octanol–water partition coefficient (Wildman–Crippen LogP) is 3.14. The summed E-state index contributed by atoms with van der Waals surface area (Å²) < 4.78 is 11.0. The van der Waals surface area contributed by atoms with Gasteiger partial charge in [0.05, 0.1) is 6.54 Å². The number of benzene rings is 1. The van der Waals surface area contributed by atoms with Crippen LogP contribution >= 0.6 is 0 Å². The molecule has 0 heterocycles. The second-order valence-electron chi connectivity index (χ2n) is 6.96. The van der Waals surface area contributed by atoms with Crippen LogP contribution in [0.1, 0.15) is 37.7 Å². The van der Waals surface area contributed by atoms with E-state index in [4.69, 9.17) is 9.47 Å². The average Bonchev–Trinajstić information content (AvgIpc) is 3.10. The van der Waals surface area contributed by atoms with Crippen LogP contribution in [0.2, 0.25) is 0 Å². The van der Waals surface area contributed by atoms with Crippen molar-refractivity contribution in [3.8, 4) is 5.75 Å². The second-order valence-corrected chi connectivity index (χ2v) is 6.96. The van der Waals surface area contributed by atoms with Crippen LogP contribution in [0.3, 0.4) is 0 Å². The summed E-state index contributed by atoms with van der Waals surface area (Å²) in [7, 11) is 3.59. The van der Waals surface area contributed by atoms with Crippen LogP contribution in [-0.4, -0.2) is 46.4 Å². The number of guanidine groups is 1. The molecule has 0 unspecified atom stereocenters. The molecule has 5 nitrogen and oxygen atoms in total. The topological polar surface area (TPSA) is 54.9 Å². The highest BCUT2D eigenvalue weighted by molar-refractivity contribution is 5.79. The largest absolute Gasteiger partial charge is 0.492 e. The lowest BCUT2D eigenvalue weighted by Crippen LogP contribution is -2.44. The molecule has 0 amide bonds. The standard InChI is InChI=1S/C20H33N3O2/c1-17-6-8-18(9-7-17)25-15-13-22-19(21-2)23-16-20(12-14-24-3)10-4-5-11-20/h6-9H,4-5,10-16H2,1-3H3,(H2,21,22,23). The van der Waals surface area contributed by atoms with Crippen LogP contribution in [0.5, 0.6) is 5.75 Å². The fourth-order valence-electron chi connectivity index (χ4n) is 3.42. The van der Waals surface area contributed by atoms with Gasteiger partial charge in [0.15, 0.2) is 5.96 Å². The maximum absolute atomic E-state index is 5.74. The molecule has 1 aliphatic rings. The van der Waals surface area contributed by atoms with Crippen molar-refractivity contribution >= 4 is 5.96 Å². The highest BCUT2D eigenvalue weighted by Gasteiger charge is 2.33. The van der Waals surface area contributed by atoms with Gasteiger partial charge in [0.1, 0.15) is 12.4 Å². The number of methoxy groups -OCH3 is 1. The van der Waals surface area contributed by atoms with E-state index in [1.165, 1.54) is 31.2 Å². The fourth-order valence-corrected chi connectivity index (χ4v) is 3.42. The summed E-state index contributed by atoms with van der Waals surface area (Å²) >= 11 is 0. The van der Waals surface area contributed by atoms with Crippen LogP contribution in [0, 0.1) is 12.3 Å². The number of ether oxygens (including phenoxy) is 2. The number of hydrogen-bond donors (Lipinski definition) is 2. The lowest BCUT2D eigenvalue weighted by atomic mass is 9.83. The maximum Gasteiger partial charge on any atom is 0.191 e. The first-order valence-corrected chi connectivity index (χ1v) is 9.30. The zero-order valence-electron chi connectivity index (χ0n) is 15.9. The van der Waals surface area contributed by atoms with E-state index < -0.39 is 0 Å². The molecule has 2 N–H and O–H groups in total. The normalized spacial score (nSPS) is 16.7. The molecule has 1 saturated carbocycles. The van der Waals surface area contributed by atoms with E-state index in [9.17, 15) is 0 Å². The molecule has 1 aromatic carbocycles. The van der Waals surface area contributed by atoms with Gasteiger partial charge in [0.25, 0.3) is 0 Å². The first-order chi connectivity index (χ1) is 12.2. The number of nitrogens with zero attached hydrogens (tertiary/aromatic N) is 1. The van der Waals surface area contributed by atoms with Crippen molar-refractivity contribution in [2.75, 3.05) is 40.5 Å². The van der Waals surface area contributed by atoms with E-state index in [0.717, 1.165) is 37.8 Å². The molecule has 0 radical (unpaired) electrons. The van der Waals surface area contributed by atoms with E-state index in [-0.39, 0.29) is 0 Å². The van der Waals surface area contributed by atoms with E-state index in [1.54, 1.807) is 7.11 Å². The Morgan fingerprint density at radius 3 is 2.48 bits per heavy atom. The number of hydrogen-bond acceptors (Lipinski definition) is 3. The van der Waals surface area contributed by atoms with Crippen LogP contribution < -0.4 is 15.4 Å². The minimum atomic E-state index is 0.353. The maximum atomic E-state index is 5.74. The molecule has 2 rings (SSSR count). The Morgan fingerprint density at radius 1 is 1.12 bits per heavy atom. The van der Waals surface area contributed by atoms with Crippen LogP contribution in [0.25, 0.3) is 0 Å². The van der Waals surface area contributed by atoms with Gasteiger partial charge in [-0.15, -0.1) is 0 Å². The number of nitrogens with one attached hydrogen (secondary N) is 2. The molecule has 0 spiro atoms. The summed E-state index contributed by atoms with van der Waals surface area (Å²) in [4.78, 5) is 4.32. The molecule has 1 fully saturated rings. The molecule has 0 saturated heterocycles. The van der Waals surface area contributed by atoms with Gasteiger partial charge in [-0.1, -0.05) is 30.5 Å². The Kier molecular flexibility index (Phi) is 8.06. The van der Waals surface area contributed by atoms with Gasteiger partial charge in [-0.05, 0) is 43.7 Å². The predicted molar refractivity (Wildman–Crippen MR) is 103 cm³/mol. The lowest BCUT2D eigenvalue weighted by molar-refractivity contribution is 0.138. The van der Waals surface area contributed by atoms with Crippen LogP contribution in [-0.2, 0) is 4.74 Å². The van der Waals surface area contributed by atoms with Crippen molar-refractivity contribution in [1.29, 1.82) is 0 Å². The summed E-state index contributed by atoms with van der Waals surface area (Å²) in [5.41, 5.74) is 1.59. The average molecular weight is 348 g/mol. The van der Waals surface area contributed by atoms with Gasteiger partial charge < -0.3 is 20.1 Å². The zero-order chi connectivity index (χ0) is 18.0. The lowest BCUT2D eigenvalue weighted by Gasteiger charge is -2.29. The minimum absolute atomic E-state index is 0.353. The third kappa shape index (κ3) is 6.58. The van der Waals surface area contributed by atoms with Crippen molar-refractivity contribution in [3.63, 3.8) is 0 Å². The van der Waals surface area contributed by atoms with Crippen molar-refractivity contribution in [2.45, 2.75) is 39.0 Å². The van der Waals surface area contributed by atoms with Gasteiger partial charge in [-0.2, -0.15) is 0 Å². The first kappa shape index (κ1) is 19.6. The molecular formula is C20H33N3O2. The first-order valence-electron chi connectivity index (χ1n) is 9.30. The summed E-state index contributed by atoms with van der Waals surface area (Å²) in [6, 6.07) is 8.12. The van der Waals surface area contributed by atoms with E-state index >= 15 is 0 Å². The van der Waals surface area contributed by atoms with Gasteiger partial charge >= 0.3 is 0 Å². The molecule has 1 aromatic rings. The number of aryl methyl sites for hydroxylation is 1. The summed E-state index contributed by atoms with van der Waals surface area (Å²) in [6.07, 6.45) is 6.31. The summed E-state index contributed by atoms with van der Waals surface area (Å²) in [6.45, 7) is 5.19. The zero-order valence-corrected chi connectivity index (χ0v) is 15.9. The molecule has 25 heavy (non-hydrogen) atoms. The van der Waals surface area contributed by atoms with Gasteiger partial charge in [-0.3, -0.25) is 4.99 Å². The van der Waals surface area contributed by atoms with Gasteiger partial charge in [-0.25, -0.2) is 0 Å². The van der Waals surface area contributed by atoms with E-state index in [2.05, 4.69) is 34.7 Å². The molecule has 1 aliphatic carbocycles. The monoisotopic (exact) mass is 347 g/mol. The van der Waals surface area contributed by atoms with Crippen molar-refractivity contribution in [2.24, 2.45) is 10.4 Å². The van der Waals surface area contributed by atoms with E-state index in [1.807, 2.05) is 19.2 Å². The molecular weight excluding hydrogens is 314 g/mol. The van der Waals surface area contributed by atoms with E-state index in [0.29, 0.717) is 12.0 Å². The molecule has 0 aliphatic heterocycles. The third-order valence-corrected chi connectivity index (χ3v) is 5.04. The molecule has 140 valence electrons. The SMILES string of the molecule is CN=C(NCCOc1ccc(C)cc1)NCC1(CCOC)CCCC1. The van der Waals surface area contributed by atoms with Crippen LogP contribution in [0.15, 0.2) is 29.3 Å². The highest BCUT2D eigenvalue weighted by Crippen LogP contribution is 2.40. The molecule has 0 bridgehead atoms. The Labute approximate surface area is 152 Å². The Morgan fingerprint density at radius 2 is 1.84 bits per heavy atom. The van der Waals surface area contributed by atoms with Gasteiger partial charge in [0.2, 0.25) is 0 Å². The molecule has 0 aromatic heterocycles.